The van der Waals surface area contributed by atoms with Gasteiger partial charge in [-0.15, -0.1) is 0 Å². The first-order valence-electron chi connectivity index (χ1n) is 10.2. The summed E-state index contributed by atoms with van der Waals surface area (Å²) in [6.07, 6.45) is 1.47. The van der Waals surface area contributed by atoms with Crippen molar-refractivity contribution < 1.29 is 33.5 Å². The fourth-order valence-corrected chi connectivity index (χ4v) is 3.28. The number of carbonyl (C=O) groups excluding carboxylic acids is 2. The van der Waals surface area contributed by atoms with Crippen molar-refractivity contribution in [3.05, 3.63) is 35.7 Å². The van der Waals surface area contributed by atoms with E-state index in [0.29, 0.717) is 11.2 Å². The topological polar surface area (TPSA) is 129 Å². The molecule has 3 rings (SSSR count). The van der Waals surface area contributed by atoms with E-state index in [9.17, 15) is 14.6 Å². The van der Waals surface area contributed by atoms with Gasteiger partial charge in [0.05, 0.1) is 31.5 Å². The molecule has 0 spiro atoms. The van der Waals surface area contributed by atoms with Crippen molar-refractivity contribution in [3.8, 4) is 11.6 Å². The zero-order valence-electron chi connectivity index (χ0n) is 18.7. The highest BCUT2D eigenvalue weighted by molar-refractivity contribution is 6.62. The van der Waals surface area contributed by atoms with Crippen molar-refractivity contribution in [1.29, 1.82) is 0 Å². The second-order valence-corrected chi connectivity index (χ2v) is 8.20. The number of nitrogens with one attached hydrogen (secondary N) is 1. The van der Waals surface area contributed by atoms with Gasteiger partial charge in [-0.25, -0.2) is 14.8 Å². The molecule has 1 aliphatic rings. The maximum Gasteiger partial charge on any atom is 0.492 e. The molecule has 170 valence electrons. The summed E-state index contributed by atoms with van der Waals surface area (Å²) in [5.41, 5.74) is 1.42. The fraction of sp³-hybridized carbons (Fsp3) is 0.429. The molecule has 0 radical (unpaired) electrons. The summed E-state index contributed by atoms with van der Waals surface area (Å²) < 4.78 is 21.4. The molecule has 1 aromatic carbocycles. The van der Waals surface area contributed by atoms with Crippen LogP contribution < -0.4 is 15.5 Å². The molecule has 11 heteroatoms. The average molecular weight is 443 g/mol. The lowest BCUT2D eigenvalue weighted by molar-refractivity contribution is -0.145. The van der Waals surface area contributed by atoms with Crippen LogP contribution in [0.1, 0.15) is 51.3 Å². The predicted octanol–water partition coefficient (Wildman–Crippen LogP) is 2.64. The van der Waals surface area contributed by atoms with E-state index in [4.69, 9.17) is 18.9 Å². The van der Waals surface area contributed by atoms with Gasteiger partial charge in [-0.3, -0.25) is 10.1 Å². The Kier molecular flexibility index (Phi) is 7.00. The van der Waals surface area contributed by atoms with Gasteiger partial charge in [0, 0.05) is 0 Å². The van der Waals surface area contributed by atoms with Crippen LogP contribution in [0, 0.1) is 6.92 Å². The molecular formula is C21H26BN3O7. The van der Waals surface area contributed by atoms with Crippen LogP contribution in [0.25, 0.3) is 0 Å². The highest BCUT2D eigenvalue weighted by atomic mass is 16.6. The predicted molar refractivity (Wildman–Crippen MR) is 116 cm³/mol. The van der Waals surface area contributed by atoms with E-state index in [1.807, 2.05) is 6.92 Å². The summed E-state index contributed by atoms with van der Waals surface area (Å²) in [7, 11) is -1.18. The second kappa shape index (κ2) is 9.53. The molecule has 2 heterocycles. The molecule has 0 bridgehead atoms. The summed E-state index contributed by atoms with van der Waals surface area (Å²) >= 11 is 0. The minimum Gasteiger partial charge on any atom is -0.466 e. The first-order chi connectivity index (χ1) is 15.1. The van der Waals surface area contributed by atoms with Gasteiger partial charge < -0.3 is 23.9 Å². The van der Waals surface area contributed by atoms with E-state index in [1.54, 1.807) is 39.8 Å². The molecule has 10 nitrogen and oxygen atoms in total. The van der Waals surface area contributed by atoms with Crippen LogP contribution in [0.2, 0.25) is 0 Å². The molecule has 1 unspecified atom stereocenters. The van der Waals surface area contributed by atoms with E-state index in [-0.39, 0.29) is 24.7 Å². The van der Waals surface area contributed by atoms with Crippen molar-refractivity contribution in [3.63, 3.8) is 0 Å². The van der Waals surface area contributed by atoms with Gasteiger partial charge in [-0.1, -0.05) is 0 Å². The molecule has 0 fully saturated rings. The van der Waals surface area contributed by atoms with Crippen molar-refractivity contribution in [2.24, 2.45) is 0 Å². The minimum absolute atomic E-state index is 0.0104. The molecule has 1 amide bonds. The average Bonchev–Trinajstić information content (AvgIpc) is 2.97. The van der Waals surface area contributed by atoms with Gasteiger partial charge in [-0.2, -0.15) is 0 Å². The van der Waals surface area contributed by atoms with E-state index in [1.165, 1.54) is 12.4 Å². The van der Waals surface area contributed by atoms with Gasteiger partial charge in [0.15, 0.2) is 5.82 Å². The Balaban J connectivity index is 1.70. The summed E-state index contributed by atoms with van der Waals surface area (Å²) in [6.45, 7) is 9.12. The molecule has 1 aliphatic heterocycles. The van der Waals surface area contributed by atoms with Crippen molar-refractivity contribution in [1.82, 2.24) is 9.97 Å². The lowest BCUT2D eigenvalue weighted by Crippen LogP contribution is -2.28. The zero-order valence-corrected chi connectivity index (χ0v) is 18.7. The summed E-state index contributed by atoms with van der Waals surface area (Å²) in [4.78, 5) is 31.9. The Hall–Kier alpha value is -3.18. The number of esters is 1. The Morgan fingerprint density at radius 1 is 1.25 bits per heavy atom. The number of fused-ring (bicyclic) bond motifs is 1. The molecule has 1 atom stereocenters. The Morgan fingerprint density at radius 2 is 2.00 bits per heavy atom. The smallest absolute Gasteiger partial charge is 0.466 e. The van der Waals surface area contributed by atoms with Gasteiger partial charge >= 0.3 is 19.2 Å². The van der Waals surface area contributed by atoms with Crippen LogP contribution in [-0.4, -0.2) is 46.4 Å². The maximum atomic E-state index is 11.8. The third-order valence-electron chi connectivity index (χ3n) is 4.41. The second-order valence-electron chi connectivity index (χ2n) is 8.20. The van der Waals surface area contributed by atoms with Gasteiger partial charge in [0.2, 0.25) is 5.88 Å². The lowest BCUT2D eigenvalue weighted by Gasteiger charge is -2.19. The standard InChI is InChI=1S/C21H26BN3O7/c1-6-29-18(26)9-15-19-12(2)7-13(8-14(19)22(28)32-15)30-17-11-23-16(10-24-17)25-20(27)31-21(3,4)5/h7-8,10-11,15,28H,6,9H2,1-5H3,(H,23,25,27). The Bertz CT molecular complexity index is 992. The third-order valence-corrected chi connectivity index (χ3v) is 4.41. The molecule has 2 N–H and O–H groups in total. The van der Waals surface area contributed by atoms with Crippen molar-refractivity contribution in [2.45, 2.75) is 52.7 Å². The molecule has 32 heavy (non-hydrogen) atoms. The van der Waals surface area contributed by atoms with Crippen LogP contribution in [-0.2, 0) is 18.9 Å². The number of nitrogens with zero attached hydrogens (tertiary/aromatic N) is 2. The largest absolute Gasteiger partial charge is 0.492 e. The van der Waals surface area contributed by atoms with E-state index < -0.39 is 30.9 Å². The van der Waals surface area contributed by atoms with Crippen LogP contribution in [0.15, 0.2) is 24.5 Å². The van der Waals surface area contributed by atoms with Crippen LogP contribution in [0.3, 0.4) is 0 Å². The molecule has 0 aliphatic carbocycles. The summed E-state index contributed by atoms with van der Waals surface area (Å²) in [5.74, 6) is 0.424. The molecule has 1 aromatic heterocycles. The number of hydrogen-bond acceptors (Lipinski definition) is 9. The number of benzene rings is 1. The van der Waals surface area contributed by atoms with E-state index in [2.05, 4.69) is 15.3 Å². The fourth-order valence-electron chi connectivity index (χ4n) is 3.28. The highest BCUT2D eigenvalue weighted by Gasteiger charge is 2.38. The number of rotatable bonds is 6. The van der Waals surface area contributed by atoms with Crippen LogP contribution in [0.4, 0.5) is 10.6 Å². The number of hydrogen-bond donors (Lipinski definition) is 2. The van der Waals surface area contributed by atoms with Crippen molar-refractivity contribution >= 4 is 30.5 Å². The number of aryl methyl sites for hydroxylation is 1. The Labute approximate surface area is 186 Å². The zero-order chi connectivity index (χ0) is 23.5. The lowest BCUT2D eigenvalue weighted by atomic mass is 9.77. The normalized spacial score (nSPS) is 15.2. The van der Waals surface area contributed by atoms with Gasteiger partial charge in [-0.05, 0) is 63.3 Å². The van der Waals surface area contributed by atoms with Crippen LogP contribution >= 0.6 is 0 Å². The van der Waals surface area contributed by atoms with Crippen molar-refractivity contribution in [2.75, 3.05) is 11.9 Å². The van der Waals surface area contributed by atoms with Crippen LogP contribution in [0.5, 0.6) is 11.6 Å². The number of ether oxygens (including phenoxy) is 3. The quantitative estimate of drug-likeness (QED) is 0.511. The van der Waals surface area contributed by atoms with Gasteiger partial charge in [0.25, 0.3) is 0 Å². The summed E-state index contributed by atoms with van der Waals surface area (Å²) in [5, 5.41) is 12.8. The number of anilines is 1. The number of amides is 1. The van der Waals surface area contributed by atoms with E-state index >= 15 is 0 Å². The van der Waals surface area contributed by atoms with E-state index in [0.717, 1.165) is 11.1 Å². The first kappa shape index (κ1) is 23.5. The maximum absolute atomic E-state index is 11.8. The molecule has 2 aromatic rings. The number of aromatic nitrogens is 2. The third kappa shape index (κ3) is 5.95. The number of carbonyl (C=O) groups is 2. The SMILES string of the molecule is CCOC(=O)CC1OB(O)c2cc(Oc3cnc(NC(=O)OC(C)(C)C)cn3)cc(C)c21. The van der Waals surface area contributed by atoms with Gasteiger partial charge in [0.1, 0.15) is 11.4 Å². The minimum atomic E-state index is -1.18. The molecule has 0 saturated carbocycles. The highest BCUT2D eigenvalue weighted by Crippen LogP contribution is 2.33. The summed E-state index contributed by atoms with van der Waals surface area (Å²) in [6, 6.07) is 3.39. The first-order valence-corrected chi connectivity index (χ1v) is 10.2. The molecular weight excluding hydrogens is 417 g/mol. The monoisotopic (exact) mass is 443 g/mol. The Morgan fingerprint density at radius 3 is 2.62 bits per heavy atom. The molecule has 0 saturated heterocycles.